The molecule has 1 atom stereocenters. The van der Waals surface area contributed by atoms with Gasteiger partial charge in [0.1, 0.15) is 11.5 Å². The second kappa shape index (κ2) is 7.69. The minimum Gasteiger partial charge on any atom is -0.467 e. The minimum atomic E-state index is -0.153. The Hall–Kier alpha value is -2.01. The Morgan fingerprint density at radius 3 is 2.14 bits per heavy atom. The lowest BCUT2D eigenvalue weighted by molar-refractivity contribution is -0.137. The molecule has 2 heterocycles. The number of carbonyl (C=O) groups is 1. The zero-order valence-electron chi connectivity index (χ0n) is 12.3. The SMILES string of the molecule is CCCC(CN)C(=O)N(Cc1ccco1)Cc1ccco1. The van der Waals surface area contributed by atoms with Crippen LogP contribution in [0, 0.1) is 5.92 Å². The first-order chi connectivity index (χ1) is 10.2. The molecule has 0 saturated heterocycles. The number of hydrogen-bond donors (Lipinski definition) is 1. The molecule has 0 aliphatic heterocycles. The van der Waals surface area contributed by atoms with E-state index < -0.39 is 0 Å². The number of rotatable bonds is 8. The Kier molecular flexibility index (Phi) is 5.63. The summed E-state index contributed by atoms with van der Waals surface area (Å²) >= 11 is 0. The lowest BCUT2D eigenvalue weighted by Crippen LogP contribution is -2.38. The largest absolute Gasteiger partial charge is 0.467 e. The van der Waals surface area contributed by atoms with Gasteiger partial charge in [-0.1, -0.05) is 13.3 Å². The molecule has 0 bridgehead atoms. The summed E-state index contributed by atoms with van der Waals surface area (Å²) < 4.78 is 10.7. The Labute approximate surface area is 124 Å². The van der Waals surface area contributed by atoms with Gasteiger partial charge in [0, 0.05) is 6.54 Å². The van der Waals surface area contributed by atoms with Gasteiger partial charge < -0.3 is 19.5 Å². The first-order valence-corrected chi connectivity index (χ1v) is 7.28. The van der Waals surface area contributed by atoms with Crippen LogP contribution in [0.5, 0.6) is 0 Å². The highest BCUT2D eigenvalue weighted by molar-refractivity contribution is 5.79. The van der Waals surface area contributed by atoms with E-state index in [-0.39, 0.29) is 11.8 Å². The van der Waals surface area contributed by atoms with E-state index in [1.165, 1.54) is 0 Å². The fourth-order valence-electron chi connectivity index (χ4n) is 2.34. The summed E-state index contributed by atoms with van der Waals surface area (Å²) in [6.45, 7) is 3.26. The molecule has 0 spiro atoms. The van der Waals surface area contributed by atoms with Crippen LogP contribution >= 0.6 is 0 Å². The molecule has 0 aromatic carbocycles. The highest BCUT2D eigenvalue weighted by atomic mass is 16.3. The van der Waals surface area contributed by atoms with Crippen molar-refractivity contribution in [2.45, 2.75) is 32.9 Å². The van der Waals surface area contributed by atoms with Crippen molar-refractivity contribution >= 4 is 5.91 Å². The molecule has 0 radical (unpaired) electrons. The van der Waals surface area contributed by atoms with Crippen LogP contribution in [-0.4, -0.2) is 17.4 Å². The molecule has 0 saturated carbocycles. The second-order valence-corrected chi connectivity index (χ2v) is 5.07. The molecule has 21 heavy (non-hydrogen) atoms. The van der Waals surface area contributed by atoms with Crippen molar-refractivity contribution < 1.29 is 13.6 Å². The fourth-order valence-corrected chi connectivity index (χ4v) is 2.34. The van der Waals surface area contributed by atoms with Gasteiger partial charge in [0.2, 0.25) is 5.91 Å². The molecule has 0 aliphatic rings. The Balaban J connectivity index is 2.11. The van der Waals surface area contributed by atoms with Gasteiger partial charge in [-0.15, -0.1) is 0 Å². The molecule has 114 valence electrons. The maximum atomic E-state index is 12.7. The van der Waals surface area contributed by atoms with Crippen LogP contribution in [0.4, 0.5) is 0 Å². The van der Waals surface area contributed by atoms with Crippen LogP contribution in [-0.2, 0) is 17.9 Å². The summed E-state index contributed by atoms with van der Waals surface area (Å²) in [5, 5.41) is 0. The molecule has 0 aliphatic carbocycles. The second-order valence-electron chi connectivity index (χ2n) is 5.07. The predicted octanol–water partition coefficient (Wildman–Crippen LogP) is 2.78. The van der Waals surface area contributed by atoms with Gasteiger partial charge in [-0.3, -0.25) is 4.79 Å². The molecule has 2 rings (SSSR count). The highest BCUT2D eigenvalue weighted by Crippen LogP contribution is 2.16. The normalized spacial score (nSPS) is 12.3. The molecule has 2 aromatic rings. The average molecular weight is 290 g/mol. The van der Waals surface area contributed by atoms with E-state index in [2.05, 4.69) is 6.92 Å². The molecule has 1 amide bonds. The van der Waals surface area contributed by atoms with Gasteiger partial charge >= 0.3 is 0 Å². The lowest BCUT2D eigenvalue weighted by Gasteiger charge is -2.25. The van der Waals surface area contributed by atoms with Crippen LogP contribution in [0.15, 0.2) is 45.6 Å². The summed E-state index contributed by atoms with van der Waals surface area (Å²) in [5.74, 6) is 1.40. The maximum Gasteiger partial charge on any atom is 0.227 e. The number of furan rings is 2. The van der Waals surface area contributed by atoms with Gasteiger partial charge in [-0.2, -0.15) is 0 Å². The quantitative estimate of drug-likeness (QED) is 0.811. The molecular weight excluding hydrogens is 268 g/mol. The first kappa shape index (κ1) is 15.4. The van der Waals surface area contributed by atoms with Crippen molar-refractivity contribution in [1.82, 2.24) is 4.90 Å². The lowest BCUT2D eigenvalue weighted by atomic mass is 10.0. The number of amides is 1. The van der Waals surface area contributed by atoms with Crippen molar-refractivity contribution in [3.63, 3.8) is 0 Å². The molecule has 5 heteroatoms. The third-order valence-electron chi connectivity index (χ3n) is 3.44. The van der Waals surface area contributed by atoms with E-state index >= 15 is 0 Å². The number of hydrogen-bond acceptors (Lipinski definition) is 4. The summed E-state index contributed by atoms with van der Waals surface area (Å²) in [7, 11) is 0. The fraction of sp³-hybridized carbons (Fsp3) is 0.438. The maximum absolute atomic E-state index is 12.7. The average Bonchev–Trinajstić information content (AvgIpc) is 3.17. The van der Waals surface area contributed by atoms with E-state index in [1.54, 1.807) is 17.4 Å². The van der Waals surface area contributed by atoms with Crippen LogP contribution in [0.2, 0.25) is 0 Å². The van der Waals surface area contributed by atoms with Gasteiger partial charge in [0.05, 0.1) is 31.5 Å². The van der Waals surface area contributed by atoms with Crippen molar-refractivity contribution in [2.75, 3.05) is 6.54 Å². The van der Waals surface area contributed by atoms with E-state index in [0.29, 0.717) is 19.6 Å². The predicted molar refractivity (Wildman–Crippen MR) is 79.1 cm³/mol. The molecule has 0 fully saturated rings. The third-order valence-corrected chi connectivity index (χ3v) is 3.44. The van der Waals surface area contributed by atoms with Gasteiger partial charge in [0.25, 0.3) is 0 Å². The summed E-state index contributed by atoms with van der Waals surface area (Å²) in [6.07, 6.45) is 4.94. The standard InChI is InChI=1S/C16H22N2O3/c1-2-5-13(10-17)16(19)18(11-14-6-3-8-20-14)12-15-7-4-9-21-15/h3-4,6-9,13H,2,5,10-12,17H2,1H3. The van der Waals surface area contributed by atoms with Crippen molar-refractivity contribution in [3.05, 3.63) is 48.3 Å². The monoisotopic (exact) mass is 290 g/mol. The van der Waals surface area contributed by atoms with Gasteiger partial charge in [0.15, 0.2) is 0 Å². The number of carbonyl (C=O) groups excluding carboxylic acids is 1. The molecular formula is C16H22N2O3. The van der Waals surface area contributed by atoms with Crippen LogP contribution in [0.3, 0.4) is 0 Å². The molecule has 2 aromatic heterocycles. The van der Waals surface area contributed by atoms with Crippen LogP contribution in [0.1, 0.15) is 31.3 Å². The smallest absolute Gasteiger partial charge is 0.227 e. The van der Waals surface area contributed by atoms with Crippen LogP contribution < -0.4 is 5.73 Å². The highest BCUT2D eigenvalue weighted by Gasteiger charge is 2.24. The Morgan fingerprint density at radius 2 is 1.76 bits per heavy atom. The van der Waals surface area contributed by atoms with E-state index in [1.807, 2.05) is 24.3 Å². The Morgan fingerprint density at radius 1 is 1.19 bits per heavy atom. The summed E-state index contributed by atoms with van der Waals surface area (Å²) in [4.78, 5) is 14.4. The minimum absolute atomic E-state index is 0.0483. The van der Waals surface area contributed by atoms with Crippen LogP contribution in [0.25, 0.3) is 0 Å². The Bertz CT molecular complexity index is 483. The van der Waals surface area contributed by atoms with E-state index in [0.717, 1.165) is 24.4 Å². The van der Waals surface area contributed by atoms with E-state index in [9.17, 15) is 4.79 Å². The number of nitrogens with two attached hydrogens (primary N) is 1. The van der Waals surface area contributed by atoms with Crippen molar-refractivity contribution in [2.24, 2.45) is 11.7 Å². The molecule has 5 nitrogen and oxygen atoms in total. The first-order valence-electron chi connectivity index (χ1n) is 7.28. The van der Waals surface area contributed by atoms with Gasteiger partial charge in [-0.25, -0.2) is 0 Å². The van der Waals surface area contributed by atoms with Gasteiger partial charge in [-0.05, 0) is 30.7 Å². The summed E-state index contributed by atoms with van der Waals surface area (Å²) in [5.41, 5.74) is 5.75. The van der Waals surface area contributed by atoms with E-state index in [4.69, 9.17) is 14.6 Å². The van der Waals surface area contributed by atoms with Crippen molar-refractivity contribution in [1.29, 1.82) is 0 Å². The number of nitrogens with zero attached hydrogens (tertiary/aromatic N) is 1. The zero-order chi connectivity index (χ0) is 15.1. The molecule has 1 unspecified atom stereocenters. The zero-order valence-corrected chi connectivity index (χ0v) is 12.3. The van der Waals surface area contributed by atoms with Crippen molar-refractivity contribution in [3.8, 4) is 0 Å². The molecule has 2 N–H and O–H groups in total. The summed E-state index contributed by atoms with van der Waals surface area (Å²) in [6, 6.07) is 7.36. The third kappa shape index (κ3) is 4.23. The topological polar surface area (TPSA) is 72.6 Å².